The van der Waals surface area contributed by atoms with Crippen LogP contribution >= 0.6 is 23.5 Å². The maximum absolute atomic E-state index is 12.5. The molecule has 31 heavy (non-hydrogen) atoms. The number of carbonyl (C=O) groups is 3. The van der Waals surface area contributed by atoms with Gasteiger partial charge in [-0.3, -0.25) is 29.1 Å². The fourth-order valence-electron chi connectivity index (χ4n) is 2.73. The summed E-state index contributed by atoms with van der Waals surface area (Å²) < 4.78 is 0. The highest BCUT2D eigenvalue weighted by molar-refractivity contribution is 8.18. The fourth-order valence-corrected chi connectivity index (χ4v) is 4.32. The molecular weight excluding hydrogens is 438 g/mol. The fraction of sp³-hybridized carbons (Fsp3) is 0.300. The summed E-state index contributed by atoms with van der Waals surface area (Å²) >= 11 is 1.98. The topological polar surface area (TPSA) is 125 Å². The van der Waals surface area contributed by atoms with Crippen LogP contribution in [0.1, 0.15) is 24.6 Å². The molecule has 9 nitrogen and oxygen atoms in total. The molecular formula is C20H21N5O4S2. The SMILES string of the molecule is CCCc1cc(=O)[nH]c(SCC(=O)NCCN2C(=O)S/C(=C/c3cccnc3)C2=O)n1. The van der Waals surface area contributed by atoms with Gasteiger partial charge < -0.3 is 10.3 Å². The number of imide groups is 1. The minimum Gasteiger partial charge on any atom is -0.354 e. The van der Waals surface area contributed by atoms with Crippen molar-refractivity contribution in [3.63, 3.8) is 0 Å². The molecule has 2 N–H and O–H groups in total. The Kier molecular flexibility index (Phi) is 8.01. The molecule has 0 bridgehead atoms. The number of amides is 3. The van der Waals surface area contributed by atoms with Crippen molar-refractivity contribution >= 4 is 46.7 Å². The minimum absolute atomic E-state index is 0.0569. The molecule has 0 spiro atoms. The molecule has 1 fully saturated rings. The summed E-state index contributed by atoms with van der Waals surface area (Å²) in [4.78, 5) is 60.7. The van der Waals surface area contributed by atoms with Gasteiger partial charge in [-0.05, 0) is 35.9 Å². The van der Waals surface area contributed by atoms with Crippen molar-refractivity contribution in [2.75, 3.05) is 18.8 Å². The van der Waals surface area contributed by atoms with Gasteiger partial charge in [0.05, 0.1) is 10.7 Å². The van der Waals surface area contributed by atoms with E-state index in [2.05, 4.69) is 20.3 Å². The molecule has 1 saturated heterocycles. The largest absolute Gasteiger partial charge is 0.354 e. The van der Waals surface area contributed by atoms with E-state index in [-0.39, 0.29) is 35.5 Å². The molecule has 1 aliphatic rings. The van der Waals surface area contributed by atoms with Crippen molar-refractivity contribution in [3.05, 3.63) is 57.1 Å². The summed E-state index contributed by atoms with van der Waals surface area (Å²) in [7, 11) is 0. The van der Waals surface area contributed by atoms with Gasteiger partial charge in [-0.1, -0.05) is 31.2 Å². The van der Waals surface area contributed by atoms with Crippen molar-refractivity contribution in [1.29, 1.82) is 0 Å². The highest BCUT2D eigenvalue weighted by atomic mass is 32.2. The van der Waals surface area contributed by atoms with E-state index in [4.69, 9.17) is 0 Å². The second-order valence-electron chi connectivity index (χ2n) is 6.55. The van der Waals surface area contributed by atoms with Crippen LogP contribution in [0.5, 0.6) is 0 Å². The number of H-pyrrole nitrogens is 1. The van der Waals surface area contributed by atoms with Crippen molar-refractivity contribution in [3.8, 4) is 0 Å². The lowest BCUT2D eigenvalue weighted by molar-refractivity contribution is -0.123. The molecule has 162 valence electrons. The highest BCUT2D eigenvalue weighted by Crippen LogP contribution is 2.31. The van der Waals surface area contributed by atoms with Gasteiger partial charge in [0.1, 0.15) is 0 Å². The number of hydrogen-bond acceptors (Lipinski definition) is 8. The Hall–Kier alpha value is -2.92. The first-order valence-electron chi connectivity index (χ1n) is 9.61. The van der Waals surface area contributed by atoms with Crippen LogP contribution < -0.4 is 10.9 Å². The first-order valence-corrected chi connectivity index (χ1v) is 11.4. The van der Waals surface area contributed by atoms with Gasteiger partial charge in [-0.15, -0.1) is 0 Å². The lowest BCUT2D eigenvalue weighted by Crippen LogP contribution is -2.37. The summed E-state index contributed by atoms with van der Waals surface area (Å²) in [6, 6.07) is 4.99. The van der Waals surface area contributed by atoms with E-state index in [1.54, 1.807) is 30.6 Å². The van der Waals surface area contributed by atoms with Crippen LogP contribution in [-0.2, 0) is 16.0 Å². The van der Waals surface area contributed by atoms with Gasteiger partial charge in [0.15, 0.2) is 5.16 Å². The van der Waals surface area contributed by atoms with Crippen molar-refractivity contribution in [2.24, 2.45) is 0 Å². The monoisotopic (exact) mass is 459 g/mol. The molecule has 1 aliphatic heterocycles. The Bertz CT molecular complexity index is 1060. The van der Waals surface area contributed by atoms with Gasteiger partial charge in [-0.25, -0.2) is 4.98 Å². The third-order valence-corrected chi connectivity index (χ3v) is 5.91. The molecule has 0 unspecified atom stereocenters. The van der Waals surface area contributed by atoms with E-state index in [1.807, 2.05) is 6.92 Å². The molecule has 0 aromatic carbocycles. The molecule has 0 atom stereocenters. The van der Waals surface area contributed by atoms with Crippen LogP contribution in [0.15, 0.2) is 45.4 Å². The molecule has 0 aliphatic carbocycles. The summed E-state index contributed by atoms with van der Waals surface area (Å²) in [5.74, 6) is -0.621. The van der Waals surface area contributed by atoms with E-state index in [9.17, 15) is 19.2 Å². The average Bonchev–Trinajstić information content (AvgIpc) is 3.00. The zero-order valence-electron chi connectivity index (χ0n) is 16.8. The predicted molar refractivity (Wildman–Crippen MR) is 120 cm³/mol. The van der Waals surface area contributed by atoms with Crippen LogP contribution in [0.4, 0.5) is 4.79 Å². The first kappa shape index (κ1) is 22.8. The second kappa shape index (κ2) is 10.9. The molecule has 3 amide bonds. The summed E-state index contributed by atoms with van der Waals surface area (Å²) in [5.41, 5.74) is 1.17. The van der Waals surface area contributed by atoms with Crippen molar-refractivity contribution in [2.45, 2.75) is 24.9 Å². The smallest absolute Gasteiger partial charge is 0.293 e. The Morgan fingerprint density at radius 2 is 2.19 bits per heavy atom. The second-order valence-corrected chi connectivity index (χ2v) is 8.51. The number of pyridine rings is 1. The molecule has 11 heteroatoms. The third-order valence-electron chi connectivity index (χ3n) is 4.13. The Balaban J connectivity index is 1.47. The third kappa shape index (κ3) is 6.53. The van der Waals surface area contributed by atoms with Gasteiger partial charge in [0, 0.05) is 37.2 Å². The van der Waals surface area contributed by atoms with E-state index in [0.29, 0.717) is 22.2 Å². The molecule has 3 rings (SSSR count). The minimum atomic E-state index is -0.392. The van der Waals surface area contributed by atoms with E-state index >= 15 is 0 Å². The molecule has 0 radical (unpaired) electrons. The van der Waals surface area contributed by atoms with Gasteiger partial charge in [-0.2, -0.15) is 0 Å². The summed E-state index contributed by atoms with van der Waals surface area (Å²) in [6.07, 6.45) is 6.41. The highest BCUT2D eigenvalue weighted by Gasteiger charge is 2.34. The van der Waals surface area contributed by atoms with Crippen LogP contribution in [0.25, 0.3) is 6.08 Å². The maximum Gasteiger partial charge on any atom is 0.293 e. The Labute approximate surface area is 187 Å². The van der Waals surface area contributed by atoms with E-state index in [1.165, 1.54) is 6.07 Å². The normalized spacial score (nSPS) is 15.0. The number of aromatic amines is 1. The molecule has 2 aromatic heterocycles. The number of nitrogens with one attached hydrogen (secondary N) is 2. The van der Waals surface area contributed by atoms with E-state index < -0.39 is 5.91 Å². The number of nitrogens with zero attached hydrogens (tertiary/aromatic N) is 3. The lowest BCUT2D eigenvalue weighted by Gasteiger charge is -2.12. The summed E-state index contributed by atoms with van der Waals surface area (Å²) in [5, 5.41) is 2.69. The maximum atomic E-state index is 12.5. The number of carbonyl (C=O) groups excluding carboxylic acids is 3. The van der Waals surface area contributed by atoms with Crippen molar-refractivity contribution < 1.29 is 14.4 Å². The summed E-state index contributed by atoms with van der Waals surface area (Å²) in [6.45, 7) is 2.21. The quantitative estimate of drug-likeness (QED) is 0.332. The van der Waals surface area contributed by atoms with Gasteiger partial charge >= 0.3 is 0 Å². The molecule has 3 heterocycles. The van der Waals surface area contributed by atoms with Crippen LogP contribution in [-0.4, -0.2) is 55.7 Å². The standard InChI is InChI=1S/C20H21N5O4S2/c1-2-4-14-10-16(26)24-19(23-14)30-12-17(27)22-7-8-25-18(28)15(31-20(25)29)9-13-5-3-6-21-11-13/h3,5-6,9-11H,2,4,7-8,12H2,1H3,(H,22,27)(H,23,24,26)/b15-9+. The van der Waals surface area contributed by atoms with Crippen LogP contribution in [0.2, 0.25) is 0 Å². The van der Waals surface area contributed by atoms with Crippen LogP contribution in [0, 0.1) is 0 Å². The number of hydrogen-bond donors (Lipinski definition) is 2. The number of rotatable bonds is 9. The average molecular weight is 460 g/mol. The number of thioether (sulfide) groups is 2. The zero-order chi connectivity index (χ0) is 22.2. The Morgan fingerprint density at radius 1 is 1.35 bits per heavy atom. The van der Waals surface area contributed by atoms with Gasteiger partial charge in [0.2, 0.25) is 5.91 Å². The first-order chi connectivity index (χ1) is 15.0. The zero-order valence-corrected chi connectivity index (χ0v) is 18.4. The van der Waals surface area contributed by atoms with Crippen molar-refractivity contribution in [1.82, 2.24) is 25.2 Å². The lowest BCUT2D eigenvalue weighted by atomic mass is 10.2. The number of aromatic nitrogens is 3. The van der Waals surface area contributed by atoms with Crippen LogP contribution in [0.3, 0.4) is 0 Å². The Morgan fingerprint density at radius 3 is 2.94 bits per heavy atom. The molecule has 0 saturated carbocycles. The molecule has 2 aromatic rings. The predicted octanol–water partition coefficient (Wildman–Crippen LogP) is 2.06. The number of aryl methyl sites for hydroxylation is 1. The van der Waals surface area contributed by atoms with Gasteiger partial charge in [0.25, 0.3) is 16.7 Å². The van der Waals surface area contributed by atoms with E-state index in [0.717, 1.165) is 40.4 Å².